The maximum absolute atomic E-state index is 9.26. The normalized spacial score (nSPS) is 14.9. The second-order valence-electron chi connectivity index (χ2n) is 4.81. The lowest BCUT2D eigenvalue weighted by atomic mass is 10.0. The number of aromatic hydroxyl groups is 1. The van der Waals surface area contributed by atoms with Crippen LogP contribution in [0.3, 0.4) is 0 Å². The Morgan fingerprint density at radius 3 is 2.12 bits per heavy atom. The summed E-state index contributed by atoms with van der Waals surface area (Å²) in [5.41, 5.74) is 1.29. The van der Waals surface area contributed by atoms with Gasteiger partial charge in [-0.25, -0.2) is 0 Å². The molecule has 0 saturated carbocycles. The van der Waals surface area contributed by atoms with E-state index in [0.29, 0.717) is 17.8 Å². The third-order valence-electron chi connectivity index (χ3n) is 3.56. The summed E-state index contributed by atoms with van der Waals surface area (Å²) in [5.74, 6) is 0.343. The third-order valence-corrected chi connectivity index (χ3v) is 3.56. The summed E-state index contributed by atoms with van der Waals surface area (Å²) in [5, 5.41) is 9.26. The van der Waals surface area contributed by atoms with Crippen molar-refractivity contribution < 1.29 is 5.11 Å². The summed E-state index contributed by atoms with van der Waals surface area (Å²) < 4.78 is 0. The molecule has 0 saturated heterocycles. The van der Waals surface area contributed by atoms with E-state index in [1.807, 2.05) is 12.1 Å². The molecule has 0 aliphatic heterocycles. The molecule has 2 unspecified atom stereocenters. The monoisotopic (exact) mass is 235 g/mol. The number of phenolic OH excluding ortho intramolecular Hbond substituents is 1. The van der Waals surface area contributed by atoms with Crippen molar-refractivity contribution in [2.24, 2.45) is 0 Å². The van der Waals surface area contributed by atoms with Gasteiger partial charge >= 0.3 is 0 Å². The van der Waals surface area contributed by atoms with Crippen molar-refractivity contribution >= 4 is 0 Å². The largest absolute Gasteiger partial charge is 0.508 e. The maximum Gasteiger partial charge on any atom is 0.115 e. The average Bonchev–Trinajstić information content (AvgIpc) is 2.32. The van der Waals surface area contributed by atoms with Gasteiger partial charge in [-0.2, -0.15) is 0 Å². The lowest BCUT2D eigenvalue weighted by molar-refractivity contribution is 0.158. The number of likely N-dealkylation sites (N-methyl/N-ethyl adjacent to an activating group) is 1. The second-order valence-corrected chi connectivity index (χ2v) is 4.81. The lowest BCUT2D eigenvalue weighted by Crippen LogP contribution is -2.40. The van der Waals surface area contributed by atoms with Gasteiger partial charge in [0.1, 0.15) is 5.75 Å². The van der Waals surface area contributed by atoms with E-state index < -0.39 is 0 Å². The number of phenols is 1. The van der Waals surface area contributed by atoms with Crippen LogP contribution in [0.5, 0.6) is 5.75 Å². The zero-order chi connectivity index (χ0) is 12.8. The number of hydrogen-bond donors (Lipinski definition) is 1. The molecule has 0 fully saturated rings. The zero-order valence-electron chi connectivity index (χ0n) is 11.5. The van der Waals surface area contributed by atoms with Crippen LogP contribution in [0.2, 0.25) is 0 Å². The Morgan fingerprint density at radius 2 is 1.65 bits per heavy atom. The molecule has 17 heavy (non-hydrogen) atoms. The Balaban J connectivity index is 2.63. The molecule has 1 aromatic rings. The molecule has 0 spiro atoms. The number of nitrogens with zero attached hydrogens (tertiary/aromatic N) is 1. The van der Waals surface area contributed by atoms with Crippen molar-refractivity contribution in [3.05, 3.63) is 29.8 Å². The Kier molecular flexibility index (Phi) is 5.49. The van der Waals surface area contributed by atoms with E-state index in [1.165, 1.54) is 12.0 Å². The highest BCUT2D eigenvalue weighted by molar-refractivity contribution is 5.26. The summed E-state index contributed by atoms with van der Waals surface area (Å²) >= 11 is 0. The van der Waals surface area contributed by atoms with Crippen molar-refractivity contribution in [3.63, 3.8) is 0 Å². The van der Waals surface area contributed by atoms with Gasteiger partial charge in [-0.3, -0.25) is 4.90 Å². The van der Waals surface area contributed by atoms with E-state index >= 15 is 0 Å². The van der Waals surface area contributed by atoms with Crippen LogP contribution in [0.15, 0.2) is 24.3 Å². The van der Waals surface area contributed by atoms with Gasteiger partial charge in [0.05, 0.1) is 0 Å². The van der Waals surface area contributed by atoms with Gasteiger partial charge in [0.25, 0.3) is 0 Å². The molecular formula is C15H25NO. The minimum Gasteiger partial charge on any atom is -0.508 e. The fourth-order valence-electron chi connectivity index (χ4n) is 2.38. The molecule has 0 heterocycles. The predicted molar refractivity (Wildman–Crippen MR) is 73.4 cm³/mol. The summed E-state index contributed by atoms with van der Waals surface area (Å²) in [6.45, 7) is 10.1. The highest BCUT2D eigenvalue weighted by atomic mass is 16.3. The van der Waals surface area contributed by atoms with Gasteiger partial charge in [-0.15, -0.1) is 0 Å². The molecule has 0 aromatic heterocycles. The van der Waals surface area contributed by atoms with Crippen molar-refractivity contribution in [2.45, 2.75) is 52.6 Å². The van der Waals surface area contributed by atoms with Gasteiger partial charge in [0.15, 0.2) is 0 Å². The van der Waals surface area contributed by atoms with Crippen LogP contribution < -0.4 is 0 Å². The highest BCUT2D eigenvalue weighted by Crippen LogP contribution is 2.15. The van der Waals surface area contributed by atoms with Gasteiger partial charge in [0, 0.05) is 12.1 Å². The topological polar surface area (TPSA) is 23.5 Å². The molecule has 0 aliphatic carbocycles. The first-order chi connectivity index (χ1) is 8.08. The standard InChI is InChI=1S/C15H25NO/c1-5-12(3)16(6-2)13(4)11-14-7-9-15(17)10-8-14/h7-10,12-13,17H,5-6,11H2,1-4H3. The van der Waals surface area contributed by atoms with Crippen LogP contribution in [0.25, 0.3) is 0 Å². The van der Waals surface area contributed by atoms with Gasteiger partial charge in [-0.1, -0.05) is 26.0 Å². The molecule has 1 N–H and O–H groups in total. The first-order valence-electron chi connectivity index (χ1n) is 6.62. The first kappa shape index (κ1) is 14.0. The predicted octanol–water partition coefficient (Wildman–Crippen LogP) is 3.44. The van der Waals surface area contributed by atoms with Crippen LogP contribution in [0.1, 0.15) is 39.7 Å². The van der Waals surface area contributed by atoms with Crippen molar-refractivity contribution in [1.82, 2.24) is 4.90 Å². The zero-order valence-corrected chi connectivity index (χ0v) is 11.5. The molecule has 96 valence electrons. The Hall–Kier alpha value is -1.02. The minimum atomic E-state index is 0.343. The molecule has 2 atom stereocenters. The minimum absolute atomic E-state index is 0.343. The number of benzene rings is 1. The molecule has 0 aliphatic rings. The molecule has 0 amide bonds. The average molecular weight is 235 g/mol. The molecule has 1 rings (SSSR count). The van der Waals surface area contributed by atoms with Crippen LogP contribution in [-0.2, 0) is 6.42 Å². The van der Waals surface area contributed by atoms with Crippen molar-refractivity contribution in [2.75, 3.05) is 6.54 Å². The summed E-state index contributed by atoms with van der Waals surface area (Å²) in [7, 11) is 0. The van der Waals surface area contributed by atoms with E-state index in [1.54, 1.807) is 12.1 Å². The molecule has 2 nitrogen and oxygen atoms in total. The van der Waals surface area contributed by atoms with Crippen molar-refractivity contribution in [3.8, 4) is 5.75 Å². The van der Waals surface area contributed by atoms with Crippen LogP contribution in [0, 0.1) is 0 Å². The quantitative estimate of drug-likeness (QED) is 0.816. The third kappa shape index (κ3) is 4.04. The Labute approximate surface area is 105 Å². The summed E-state index contributed by atoms with van der Waals surface area (Å²) in [6, 6.07) is 8.72. The molecule has 1 aromatic carbocycles. The van der Waals surface area contributed by atoms with E-state index in [0.717, 1.165) is 13.0 Å². The molecule has 0 bridgehead atoms. The van der Waals surface area contributed by atoms with Crippen LogP contribution in [0.4, 0.5) is 0 Å². The highest BCUT2D eigenvalue weighted by Gasteiger charge is 2.17. The summed E-state index contributed by atoms with van der Waals surface area (Å²) in [4.78, 5) is 2.53. The summed E-state index contributed by atoms with van der Waals surface area (Å²) in [6.07, 6.45) is 2.23. The Bertz CT molecular complexity index is 320. The molecule has 2 heteroatoms. The van der Waals surface area contributed by atoms with E-state index in [4.69, 9.17) is 0 Å². The van der Waals surface area contributed by atoms with Gasteiger partial charge in [0.2, 0.25) is 0 Å². The SMILES string of the molecule is CCC(C)N(CC)C(C)Cc1ccc(O)cc1. The van der Waals surface area contributed by atoms with Crippen LogP contribution in [-0.4, -0.2) is 28.6 Å². The molecule has 0 radical (unpaired) electrons. The van der Waals surface area contributed by atoms with Gasteiger partial charge in [-0.05, 0) is 50.9 Å². The van der Waals surface area contributed by atoms with E-state index in [2.05, 4.69) is 32.6 Å². The number of rotatable bonds is 6. The van der Waals surface area contributed by atoms with Crippen molar-refractivity contribution in [1.29, 1.82) is 0 Å². The lowest BCUT2D eigenvalue weighted by Gasteiger charge is -2.33. The smallest absolute Gasteiger partial charge is 0.115 e. The Morgan fingerprint density at radius 1 is 1.06 bits per heavy atom. The molecular weight excluding hydrogens is 210 g/mol. The first-order valence-corrected chi connectivity index (χ1v) is 6.62. The number of hydrogen-bond acceptors (Lipinski definition) is 2. The fourth-order valence-corrected chi connectivity index (χ4v) is 2.38. The van der Waals surface area contributed by atoms with E-state index in [9.17, 15) is 5.11 Å². The maximum atomic E-state index is 9.26. The van der Waals surface area contributed by atoms with Gasteiger partial charge < -0.3 is 5.11 Å². The van der Waals surface area contributed by atoms with E-state index in [-0.39, 0.29) is 0 Å². The second kappa shape index (κ2) is 6.65. The van der Waals surface area contributed by atoms with Crippen LogP contribution >= 0.6 is 0 Å². The fraction of sp³-hybridized carbons (Fsp3) is 0.600.